The van der Waals surface area contributed by atoms with Crippen molar-refractivity contribution >= 4 is 69.1 Å². The minimum atomic E-state index is -5.11. The summed E-state index contributed by atoms with van der Waals surface area (Å²) in [6, 6.07) is 23.0. The number of hydrogen-bond donors (Lipinski definition) is 4. The normalized spacial score (nSPS) is 11.8. The summed E-state index contributed by atoms with van der Waals surface area (Å²) in [5, 5.41) is 43.0. The molecule has 0 aliphatic rings. The number of methoxy groups -OCH3 is 1. The molecule has 2 amide bonds. The lowest BCUT2D eigenvalue weighted by Gasteiger charge is -2.14. The second-order valence-electron chi connectivity index (χ2n) is 13.5. The molecular formula is C44H32F6N6O7. The van der Waals surface area contributed by atoms with E-state index in [1.54, 1.807) is 65.4 Å². The number of halogens is 6. The molecule has 2 heterocycles. The van der Waals surface area contributed by atoms with E-state index in [1.165, 1.54) is 23.9 Å². The predicted octanol–water partition coefficient (Wildman–Crippen LogP) is 8.90. The molecule has 13 nitrogen and oxygen atoms in total. The Morgan fingerprint density at radius 3 is 1.54 bits per heavy atom. The number of para-hydroxylation sites is 2. The van der Waals surface area contributed by atoms with Crippen LogP contribution >= 0.6 is 0 Å². The monoisotopic (exact) mass is 870 g/mol. The van der Waals surface area contributed by atoms with Crippen LogP contribution in [0.2, 0.25) is 0 Å². The zero-order valence-electron chi connectivity index (χ0n) is 32.8. The van der Waals surface area contributed by atoms with Crippen LogP contribution in [0.3, 0.4) is 0 Å². The van der Waals surface area contributed by atoms with Crippen LogP contribution in [0.25, 0.3) is 34.0 Å². The number of nitriles is 2. The summed E-state index contributed by atoms with van der Waals surface area (Å²) in [7, 11) is 1.53. The Morgan fingerprint density at radius 2 is 1.13 bits per heavy atom. The van der Waals surface area contributed by atoms with Crippen LogP contribution < -0.4 is 15.4 Å². The van der Waals surface area contributed by atoms with Crippen molar-refractivity contribution in [3.8, 4) is 17.9 Å². The summed E-state index contributed by atoms with van der Waals surface area (Å²) in [5.41, 5.74) is -1.37. The van der Waals surface area contributed by atoms with E-state index in [9.17, 15) is 56.0 Å². The first kappa shape index (κ1) is 45.8. The van der Waals surface area contributed by atoms with Gasteiger partial charge in [-0.3, -0.25) is 19.2 Å². The minimum absolute atomic E-state index is 0.0893. The van der Waals surface area contributed by atoms with E-state index in [4.69, 9.17) is 14.9 Å². The first-order valence-corrected chi connectivity index (χ1v) is 18.1. The number of hydrogen-bond acceptors (Lipinski definition) is 7. The number of nitrogens with one attached hydrogen (secondary N) is 2. The first-order valence-electron chi connectivity index (χ1n) is 18.1. The number of aromatic nitrogens is 2. The second-order valence-corrected chi connectivity index (χ2v) is 13.5. The highest BCUT2D eigenvalue weighted by molar-refractivity contribution is 6.12. The maximum absolute atomic E-state index is 13.0. The van der Waals surface area contributed by atoms with E-state index in [2.05, 4.69) is 5.32 Å². The smallest absolute Gasteiger partial charge is 0.416 e. The molecule has 322 valence electrons. The van der Waals surface area contributed by atoms with Crippen molar-refractivity contribution in [2.45, 2.75) is 32.4 Å². The number of anilines is 2. The van der Waals surface area contributed by atoms with E-state index in [0.717, 1.165) is 17.0 Å². The van der Waals surface area contributed by atoms with Crippen LogP contribution in [0, 0.1) is 29.6 Å². The molecule has 0 saturated heterocycles. The van der Waals surface area contributed by atoms with Crippen molar-refractivity contribution in [3.05, 3.63) is 136 Å². The molecule has 63 heavy (non-hydrogen) atoms. The fraction of sp³-hybridized carbons (Fsp3) is 0.136. The van der Waals surface area contributed by atoms with Crippen molar-refractivity contribution in [2.24, 2.45) is 0 Å². The van der Waals surface area contributed by atoms with Gasteiger partial charge in [0.1, 0.15) is 42.1 Å². The lowest BCUT2D eigenvalue weighted by atomic mass is 10.1. The number of carboxylic acid groups (broad SMARTS) is 2. The molecule has 0 radical (unpaired) electrons. The van der Waals surface area contributed by atoms with E-state index >= 15 is 0 Å². The van der Waals surface area contributed by atoms with Crippen molar-refractivity contribution in [3.63, 3.8) is 0 Å². The second kappa shape index (κ2) is 18.9. The number of aliphatic carboxylic acids is 2. The number of carbonyl (C=O) groups excluding carboxylic acids is 2. The van der Waals surface area contributed by atoms with Crippen LogP contribution in [-0.4, -0.2) is 50.2 Å². The van der Waals surface area contributed by atoms with Crippen molar-refractivity contribution < 1.29 is 60.5 Å². The van der Waals surface area contributed by atoms with Crippen molar-refractivity contribution in [1.82, 2.24) is 9.13 Å². The van der Waals surface area contributed by atoms with Gasteiger partial charge in [0.05, 0.1) is 18.2 Å². The number of carbonyl (C=O) groups is 4. The summed E-state index contributed by atoms with van der Waals surface area (Å²) in [4.78, 5) is 47.4. The number of rotatable bonds is 11. The van der Waals surface area contributed by atoms with Gasteiger partial charge in [-0.25, -0.2) is 0 Å². The summed E-state index contributed by atoms with van der Waals surface area (Å²) in [6.07, 6.45) is -4.71. The van der Waals surface area contributed by atoms with Gasteiger partial charge in [0.25, 0.3) is 11.8 Å². The first-order chi connectivity index (χ1) is 29.7. The number of alkyl halides is 6. The molecule has 0 fully saturated rings. The molecule has 0 aliphatic heterocycles. The minimum Gasteiger partial charge on any atom is -0.497 e. The summed E-state index contributed by atoms with van der Waals surface area (Å²) >= 11 is 0. The third kappa shape index (κ3) is 11.3. The van der Waals surface area contributed by atoms with Crippen LogP contribution in [0.15, 0.2) is 108 Å². The number of aryl methyl sites for hydroxylation is 1. The molecule has 6 aromatic rings. The Hall–Kier alpha value is -8.32. The number of amides is 2. The zero-order chi connectivity index (χ0) is 46.2. The lowest BCUT2D eigenvalue weighted by molar-refractivity contribution is -0.143. The van der Waals surface area contributed by atoms with Gasteiger partial charge in [0.2, 0.25) is 0 Å². The number of fused-ring (bicyclic) bond motifs is 2. The van der Waals surface area contributed by atoms with E-state index in [0.29, 0.717) is 45.6 Å². The van der Waals surface area contributed by atoms with E-state index in [1.807, 2.05) is 36.5 Å². The SMILES string of the molecule is COc1ccc(C)c(NC(=O)/C(C#N)=C/c2cn(CC(=O)O)c3ccccc23)c1.N#C/C(=C\c1cn(CC(=O)O)c2ccccc12)C(=O)Nc1cc(C(F)(F)F)cc(C(F)(F)F)c1. The van der Waals surface area contributed by atoms with Gasteiger partial charge in [0, 0.05) is 62.8 Å². The average Bonchev–Trinajstić information content (AvgIpc) is 3.74. The van der Waals surface area contributed by atoms with Gasteiger partial charge in [-0.1, -0.05) is 42.5 Å². The summed E-state index contributed by atoms with van der Waals surface area (Å²) < 4.78 is 86.3. The van der Waals surface area contributed by atoms with Gasteiger partial charge < -0.3 is 34.7 Å². The highest BCUT2D eigenvalue weighted by Crippen LogP contribution is 2.38. The molecule has 0 saturated carbocycles. The highest BCUT2D eigenvalue weighted by Gasteiger charge is 2.37. The third-order valence-electron chi connectivity index (χ3n) is 9.12. The van der Waals surface area contributed by atoms with Crippen LogP contribution in [0.5, 0.6) is 5.75 Å². The van der Waals surface area contributed by atoms with Gasteiger partial charge in [-0.2, -0.15) is 36.9 Å². The number of benzene rings is 4. The van der Waals surface area contributed by atoms with Gasteiger partial charge in [-0.05, 0) is 61.0 Å². The lowest BCUT2D eigenvalue weighted by Crippen LogP contribution is -2.16. The fourth-order valence-electron chi connectivity index (χ4n) is 6.22. The average molecular weight is 871 g/mol. The highest BCUT2D eigenvalue weighted by atomic mass is 19.4. The molecule has 0 aliphatic carbocycles. The van der Waals surface area contributed by atoms with E-state index in [-0.39, 0.29) is 23.7 Å². The van der Waals surface area contributed by atoms with Crippen LogP contribution in [-0.2, 0) is 44.6 Å². The predicted molar refractivity (Wildman–Crippen MR) is 218 cm³/mol. The standard InChI is InChI=1S/C22H13F6N3O3.C22H19N3O4/c23-21(24,25)14-6-15(22(26,27)28)8-16(7-14)30-20(34)12(9-29)5-13-10-31(11-19(32)33)18-4-2-1-3-17(13)18;1-14-7-8-17(29-2)10-19(14)24-22(28)15(11-23)9-16-12-25(13-21(26)27)20-6-4-3-5-18(16)20/h1-8,10H,11H2,(H,30,34)(H,32,33);3-10,12H,13H2,1-2H3,(H,24,28)(H,26,27)/b12-5+;15-9+. The molecule has 0 unspecified atom stereocenters. The van der Waals surface area contributed by atoms with Gasteiger partial charge >= 0.3 is 24.3 Å². The molecule has 2 aromatic heterocycles. The molecule has 4 aromatic carbocycles. The van der Waals surface area contributed by atoms with Crippen molar-refractivity contribution in [2.75, 3.05) is 17.7 Å². The maximum atomic E-state index is 13.0. The Balaban J connectivity index is 0.000000240. The Labute approximate surface area is 352 Å². The summed E-state index contributed by atoms with van der Waals surface area (Å²) in [5.74, 6) is -3.35. The number of carboxylic acids is 2. The Bertz CT molecular complexity index is 2880. The molecule has 0 bridgehead atoms. The molecule has 19 heteroatoms. The molecule has 0 atom stereocenters. The molecule has 0 spiro atoms. The topological polar surface area (TPSA) is 199 Å². The Kier molecular flexibility index (Phi) is 13.8. The molecule has 6 rings (SSSR count). The van der Waals surface area contributed by atoms with E-state index < -0.39 is 65.0 Å². The number of nitrogens with zero attached hydrogens (tertiary/aromatic N) is 4. The largest absolute Gasteiger partial charge is 0.497 e. The quantitative estimate of drug-likeness (QED) is 0.0558. The van der Waals surface area contributed by atoms with Crippen LogP contribution in [0.1, 0.15) is 27.8 Å². The van der Waals surface area contributed by atoms with Crippen LogP contribution in [0.4, 0.5) is 37.7 Å². The maximum Gasteiger partial charge on any atom is 0.416 e. The Morgan fingerprint density at radius 1 is 0.683 bits per heavy atom. The summed E-state index contributed by atoms with van der Waals surface area (Å²) in [6.45, 7) is 1.20. The van der Waals surface area contributed by atoms with Crippen molar-refractivity contribution in [1.29, 1.82) is 10.5 Å². The van der Waals surface area contributed by atoms with Gasteiger partial charge in [0.15, 0.2) is 0 Å². The fourth-order valence-corrected chi connectivity index (χ4v) is 6.22. The van der Waals surface area contributed by atoms with Gasteiger partial charge in [-0.15, -0.1) is 0 Å². The number of ether oxygens (including phenoxy) is 1. The molecular weight excluding hydrogens is 839 g/mol. The zero-order valence-corrected chi connectivity index (χ0v) is 32.8. The third-order valence-corrected chi connectivity index (χ3v) is 9.12. The molecule has 4 N–H and O–H groups in total.